The van der Waals surface area contributed by atoms with Crippen molar-refractivity contribution in [2.45, 2.75) is 6.92 Å². The number of amides is 2. The molecule has 1 aliphatic heterocycles. The van der Waals surface area contributed by atoms with Crippen molar-refractivity contribution in [2.75, 3.05) is 34.4 Å². The van der Waals surface area contributed by atoms with Gasteiger partial charge in [0.2, 0.25) is 0 Å². The second kappa shape index (κ2) is 8.63. The molecule has 2 amide bonds. The Bertz CT molecular complexity index is 794. The molecule has 8 nitrogen and oxygen atoms in total. The molecule has 0 bridgehead atoms. The van der Waals surface area contributed by atoms with Gasteiger partial charge in [-0.25, -0.2) is 4.79 Å². The van der Waals surface area contributed by atoms with Crippen LogP contribution in [0.3, 0.4) is 0 Å². The summed E-state index contributed by atoms with van der Waals surface area (Å²) in [5, 5.41) is 0.142. The zero-order chi connectivity index (χ0) is 20.1. The number of nitrogens with zero attached hydrogens (tertiary/aromatic N) is 2. The summed E-state index contributed by atoms with van der Waals surface area (Å²) in [5.41, 5.74) is 0.550. The Kier molecular flexibility index (Phi) is 6.51. The van der Waals surface area contributed by atoms with Crippen LogP contribution in [0.2, 0.25) is 0 Å². The molecule has 0 aromatic heterocycles. The monoisotopic (exact) mass is 392 g/mol. The van der Waals surface area contributed by atoms with E-state index in [1.807, 2.05) is 0 Å². The summed E-state index contributed by atoms with van der Waals surface area (Å²) in [6.07, 6.45) is 1.46. The number of rotatable bonds is 6. The molecular formula is C18H20N2O6S. The first-order chi connectivity index (χ1) is 12.8. The summed E-state index contributed by atoms with van der Waals surface area (Å²) < 4.78 is 15.5. The Morgan fingerprint density at radius 2 is 1.74 bits per heavy atom. The van der Waals surface area contributed by atoms with Crippen LogP contribution >= 0.6 is 12.2 Å². The van der Waals surface area contributed by atoms with E-state index in [1.165, 1.54) is 37.1 Å². The van der Waals surface area contributed by atoms with Gasteiger partial charge >= 0.3 is 5.97 Å². The largest absolute Gasteiger partial charge is 0.490 e. The van der Waals surface area contributed by atoms with Gasteiger partial charge in [0, 0.05) is 14.1 Å². The number of hydrogen-bond donors (Lipinski definition) is 0. The van der Waals surface area contributed by atoms with Crippen LogP contribution in [0.1, 0.15) is 12.5 Å². The Morgan fingerprint density at radius 1 is 1.11 bits per heavy atom. The van der Waals surface area contributed by atoms with E-state index < -0.39 is 17.8 Å². The fourth-order valence-electron chi connectivity index (χ4n) is 2.34. The van der Waals surface area contributed by atoms with E-state index >= 15 is 0 Å². The summed E-state index contributed by atoms with van der Waals surface area (Å²) in [5.74, 6) is -0.756. The third kappa shape index (κ3) is 4.43. The van der Waals surface area contributed by atoms with Gasteiger partial charge in [0.1, 0.15) is 5.57 Å². The Balaban J connectivity index is 2.35. The maximum atomic E-state index is 12.4. The predicted molar refractivity (Wildman–Crippen MR) is 101 cm³/mol. The highest BCUT2D eigenvalue weighted by molar-refractivity contribution is 7.80. The van der Waals surface area contributed by atoms with Crippen LogP contribution in [0.25, 0.3) is 6.08 Å². The standard InChI is InChI=1S/C18H20N2O6S/c1-5-25-14-9-11(6-7-13(14)26-10-15(21)24-4)8-12-16(22)19(2)18(27)20(3)17(12)23/h6-9H,5,10H2,1-4H3. The molecule has 1 fully saturated rings. The molecule has 0 radical (unpaired) electrons. The maximum absolute atomic E-state index is 12.4. The molecule has 0 aliphatic carbocycles. The van der Waals surface area contributed by atoms with Crippen molar-refractivity contribution in [2.24, 2.45) is 0 Å². The number of ether oxygens (including phenoxy) is 3. The van der Waals surface area contributed by atoms with Gasteiger partial charge in [-0.2, -0.15) is 0 Å². The molecule has 0 spiro atoms. The second-order valence-electron chi connectivity index (χ2n) is 5.57. The molecule has 1 aromatic rings. The maximum Gasteiger partial charge on any atom is 0.343 e. The summed E-state index contributed by atoms with van der Waals surface area (Å²) >= 11 is 5.06. The third-order valence-corrected chi connectivity index (χ3v) is 4.34. The van der Waals surface area contributed by atoms with Crippen molar-refractivity contribution in [3.05, 3.63) is 29.3 Å². The molecule has 0 N–H and O–H groups in total. The van der Waals surface area contributed by atoms with E-state index in [1.54, 1.807) is 25.1 Å². The van der Waals surface area contributed by atoms with Crippen LogP contribution in [0.5, 0.6) is 11.5 Å². The van der Waals surface area contributed by atoms with Gasteiger partial charge in [0.15, 0.2) is 23.2 Å². The van der Waals surface area contributed by atoms with Crippen molar-refractivity contribution in [1.29, 1.82) is 0 Å². The van der Waals surface area contributed by atoms with Crippen LogP contribution in [-0.2, 0) is 19.1 Å². The number of thiocarbonyl (C=S) groups is 1. The van der Waals surface area contributed by atoms with Gasteiger partial charge in [-0.05, 0) is 42.9 Å². The zero-order valence-electron chi connectivity index (χ0n) is 15.5. The summed E-state index contributed by atoms with van der Waals surface area (Å²) in [6.45, 7) is 1.90. The molecule has 1 aliphatic rings. The number of carbonyl (C=O) groups is 3. The van der Waals surface area contributed by atoms with Gasteiger partial charge < -0.3 is 14.2 Å². The Hall–Kier alpha value is -2.94. The Morgan fingerprint density at radius 3 is 2.30 bits per heavy atom. The molecule has 1 saturated heterocycles. The average molecular weight is 392 g/mol. The van der Waals surface area contributed by atoms with E-state index in [-0.39, 0.29) is 17.3 Å². The summed E-state index contributed by atoms with van der Waals surface area (Å²) in [4.78, 5) is 38.5. The van der Waals surface area contributed by atoms with Crippen molar-refractivity contribution in [3.63, 3.8) is 0 Å². The lowest BCUT2D eigenvalue weighted by atomic mass is 10.1. The highest BCUT2D eigenvalue weighted by atomic mass is 32.1. The van der Waals surface area contributed by atoms with E-state index in [4.69, 9.17) is 21.7 Å². The second-order valence-corrected chi connectivity index (χ2v) is 5.94. The van der Waals surface area contributed by atoms with E-state index in [0.717, 1.165) is 0 Å². The van der Waals surface area contributed by atoms with Crippen molar-refractivity contribution in [3.8, 4) is 11.5 Å². The minimum atomic E-state index is -0.524. The van der Waals surface area contributed by atoms with E-state index in [2.05, 4.69) is 4.74 Å². The number of benzene rings is 1. The molecule has 2 rings (SSSR count). The molecule has 0 unspecified atom stereocenters. The first kappa shape index (κ1) is 20.4. The minimum absolute atomic E-state index is 0.0146. The Labute approximate surface area is 162 Å². The summed E-state index contributed by atoms with van der Waals surface area (Å²) in [7, 11) is 4.29. The lowest BCUT2D eigenvalue weighted by Crippen LogP contribution is -2.52. The average Bonchev–Trinajstić information content (AvgIpc) is 2.67. The van der Waals surface area contributed by atoms with Gasteiger partial charge in [-0.3, -0.25) is 19.4 Å². The topological polar surface area (TPSA) is 85.4 Å². The van der Waals surface area contributed by atoms with Gasteiger partial charge in [0.25, 0.3) is 11.8 Å². The number of carbonyl (C=O) groups excluding carboxylic acids is 3. The van der Waals surface area contributed by atoms with Crippen LogP contribution in [0.15, 0.2) is 23.8 Å². The summed E-state index contributed by atoms with van der Waals surface area (Å²) in [6, 6.07) is 4.86. The number of esters is 1. The van der Waals surface area contributed by atoms with Crippen molar-refractivity contribution in [1.82, 2.24) is 9.80 Å². The third-order valence-electron chi connectivity index (χ3n) is 3.80. The van der Waals surface area contributed by atoms with Crippen molar-refractivity contribution < 1.29 is 28.6 Å². The molecule has 1 aromatic carbocycles. The lowest BCUT2D eigenvalue weighted by Gasteiger charge is -2.31. The fourth-order valence-corrected chi connectivity index (χ4v) is 2.51. The number of hydrogen-bond acceptors (Lipinski definition) is 7. The van der Waals surface area contributed by atoms with E-state index in [9.17, 15) is 14.4 Å². The molecule has 9 heteroatoms. The molecular weight excluding hydrogens is 372 g/mol. The van der Waals surface area contributed by atoms with Gasteiger partial charge in [-0.1, -0.05) is 6.07 Å². The molecule has 0 atom stereocenters. The predicted octanol–water partition coefficient (Wildman–Crippen LogP) is 1.24. The van der Waals surface area contributed by atoms with Crippen LogP contribution in [0.4, 0.5) is 0 Å². The van der Waals surface area contributed by atoms with E-state index in [0.29, 0.717) is 23.7 Å². The quantitative estimate of drug-likeness (QED) is 0.312. The van der Waals surface area contributed by atoms with Crippen LogP contribution in [-0.4, -0.2) is 67.1 Å². The van der Waals surface area contributed by atoms with Gasteiger partial charge in [0.05, 0.1) is 13.7 Å². The number of likely N-dealkylation sites (N-methyl/N-ethyl adjacent to an activating group) is 2. The first-order valence-corrected chi connectivity index (χ1v) is 8.49. The van der Waals surface area contributed by atoms with Crippen LogP contribution < -0.4 is 9.47 Å². The fraction of sp³-hybridized carbons (Fsp3) is 0.333. The SMILES string of the molecule is CCOc1cc(C=C2C(=O)N(C)C(=S)N(C)C2=O)ccc1OCC(=O)OC. The highest BCUT2D eigenvalue weighted by Gasteiger charge is 2.35. The molecule has 144 valence electrons. The number of methoxy groups -OCH3 is 1. The highest BCUT2D eigenvalue weighted by Crippen LogP contribution is 2.30. The van der Waals surface area contributed by atoms with Crippen LogP contribution in [0, 0.1) is 0 Å². The molecule has 1 heterocycles. The van der Waals surface area contributed by atoms with Gasteiger partial charge in [-0.15, -0.1) is 0 Å². The van der Waals surface area contributed by atoms with Crippen molar-refractivity contribution >= 4 is 41.2 Å². The normalized spacial score (nSPS) is 14.4. The first-order valence-electron chi connectivity index (χ1n) is 8.08. The minimum Gasteiger partial charge on any atom is -0.490 e. The molecule has 27 heavy (non-hydrogen) atoms. The lowest BCUT2D eigenvalue weighted by molar-refractivity contribution is -0.143. The molecule has 0 saturated carbocycles. The smallest absolute Gasteiger partial charge is 0.343 e. The zero-order valence-corrected chi connectivity index (χ0v) is 16.3.